The highest BCUT2D eigenvalue weighted by atomic mass is 14.7. The molecule has 13 heavy (non-hydrogen) atoms. The van der Waals surface area contributed by atoms with Crippen LogP contribution in [-0.4, -0.2) is 4.98 Å². The Hall–Kier alpha value is -0.890. The first kappa shape index (κ1) is 10.2. The normalized spacial score (nSPS) is 10.8. The highest BCUT2D eigenvalue weighted by molar-refractivity contribution is 5.25. The van der Waals surface area contributed by atoms with Crippen molar-refractivity contribution in [3.8, 4) is 0 Å². The molecule has 0 bridgehead atoms. The van der Waals surface area contributed by atoms with Crippen molar-refractivity contribution < 1.29 is 0 Å². The Morgan fingerprint density at radius 1 is 1.38 bits per heavy atom. The summed E-state index contributed by atoms with van der Waals surface area (Å²) in [5.74, 6) is 0.511. The predicted molar refractivity (Wildman–Crippen MR) is 55.6 cm³/mol. The van der Waals surface area contributed by atoms with Crippen molar-refractivity contribution in [2.24, 2.45) is 5.73 Å². The van der Waals surface area contributed by atoms with E-state index in [-0.39, 0.29) is 0 Å². The summed E-state index contributed by atoms with van der Waals surface area (Å²) in [6.45, 7) is 6.99. The van der Waals surface area contributed by atoms with Crippen LogP contribution in [-0.2, 0) is 13.0 Å². The smallest absolute Gasteiger partial charge is 0.0577 e. The fourth-order valence-electron chi connectivity index (χ4n) is 1.44. The van der Waals surface area contributed by atoms with Crippen molar-refractivity contribution >= 4 is 0 Å². The van der Waals surface area contributed by atoms with E-state index >= 15 is 0 Å². The lowest BCUT2D eigenvalue weighted by Gasteiger charge is -2.11. The van der Waals surface area contributed by atoms with Gasteiger partial charge >= 0.3 is 0 Å². The molecule has 0 aliphatic carbocycles. The zero-order valence-corrected chi connectivity index (χ0v) is 8.67. The Morgan fingerprint density at radius 3 is 2.54 bits per heavy atom. The topological polar surface area (TPSA) is 38.9 Å². The van der Waals surface area contributed by atoms with E-state index in [1.54, 1.807) is 0 Å². The molecule has 0 amide bonds. The molecule has 0 radical (unpaired) electrons. The number of pyridine rings is 1. The number of rotatable bonds is 3. The van der Waals surface area contributed by atoms with Gasteiger partial charge in [-0.25, -0.2) is 0 Å². The molecule has 1 rings (SSSR count). The first-order chi connectivity index (χ1) is 6.19. The van der Waals surface area contributed by atoms with Gasteiger partial charge in [-0.15, -0.1) is 0 Å². The molecule has 0 atom stereocenters. The molecule has 2 nitrogen and oxygen atoms in total. The first-order valence-corrected chi connectivity index (χ1v) is 4.87. The Bertz CT molecular complexity index is 279. The third kappa shape index (κ3) is 2.28. The monoisotopic (exact) mass is 178 g/mol. The van der Waals surface area contributed by atoms with E-state index in [1.807, 2.05) is 0 Å². The lowest BCUT2D eigenvalue weighted by molar-refractivity contribution is 0.806. The summed E-state index contributed by atoms with van der Waals surface area (Å²) < 4.78 is 0. The number of nitrogens with two attached hydrogens (primary N) is 1. The molecule has 0 aliphatic rings. The first-order valence-electron chi connectivity index (χ1n) is 4.87. The minimum Gasteiger partial charge on any atom is -0.325 e. The molecule has 0 spiro atoms. The molecule has 0 saturated carbocycles. The molecular formula is C11H18N2. The lowest BCUT2D eigenvalue weighted by atomic mass is 10.0. The van der Waals surface area contributed by atoms with Crippen LogP contribution in [0.1, 0.15) is 43.6 Å². The molecule has 1 aromatic rings. The number of hydrogen-bond donors (Lipinski definition) is 1. The minimum atomic E-state index is 0.511. The van der Waals surface area contributed by atoms with Gasteiger partial charge in [0, 0.05) is 12.2 Å². The largest absolute Gasteiger partial charge is 0.325 e. The fourth-order valence-corrected chi connectivity index (χ4v) is 1.44. The van der Waals surface area contributed by atoms with Crippen molar-refractivity contribution in [1.82, 2.24) is 4.98 Å². The van der Waals surface area contributed by atoms with Gasteiger partial charge in [0.25, 0.3) is 0 Å². The van der Waals surface area contributed by atoms with Crippen LogP contribution in [0.2, 0.25) is 0 Å². The van der Waals surface area contributed by atoms with Gasteiger partial charge in [0.2, 0.25) is 0 Å². The van der Waals surface area contributed by atoms with Crippen molar-refractivity contribution in [2.75, 3.05) is 0 Å². The van der Waals surface area contributed by atoms with Gasteiger partial charge in [-0.05, 0) is 24.0 Å². The molecule has 72 valence electrons. The number of aromatic nitrogens is 1. The molecule has 2 N–H and O–H groups in total. The molecule has 1 heterocycles. The third-order valence-electron chi connectivity index (χ3n) is 2.24. The van der Waals surface area contributed by atoms with Gasteiger partial charge in [0.15, 0.2) is 0 Å². The Kier molecular flexibility index (Phi) is 3.43. The Morgan fingerprint density at radius 2 is 2.08 bits per heavy atom. The van der Waals surface area contributed by atoms with E-state index in [4.69, 9.17) is 5.73 Å². The maximum absolute atomic E-state index is 5.65. The highest BCUT2D eigenvalue weighted by Gasteiger charge is 2.06. The summed E-state index contributed by atoms with van der Waals surface area (Å²) >= 11 is 0. The summed E-state index contributed by atoms with van der Waals surface area (Å²) in [5, 5.41) is 0. The SMILES string of the molecule is CCc1ccc(C(C)C)c(CN)n1. The summed E-state index contributed by atoms with van der Waals surface area (Å²) in [6.07, 6.45) is 0.978. The van der Waals surface area contributed by atoms with Crippen molar-refractivity contribution in [3.63, 3.8) is 0 Å². The number of aryl methyl sites for hydroxylation is 1. The predicted octanol–water partition coefficient (Wildman–Crippen LogP) is 2.23. The average Bonchev–Trinajstić information content (AvgIpc) is 2.16. The van der Waals surface area contributed by atoms with Crippen LogP contribution in [0.5, 0.6) is 0 Å². The molecular weight excluding hydrogens is 160 g/mol. The van der Waals surface area contributed by atoms with Crippen LogP contribution in [0, 0.1) is 0 Å². The van der Waals surface area contributed by atoms with Crippen molar-refractivity contribution in [1.29, 1.82) is 0 Å². The zero-order valence-electron chi connectivity index (χ0n) is 8.67. The Balaban J connectivity index is 3.08. The van der Waals surface area contributed by atoms with Gasteiger partial charge in [0.05, 0.1) is 5.69 Å². The van der Waals surface area contributed by atoms with Gasteiger partial charge < -0.3 is 5.73 Å². The van der Waals surface area contributed by atoms with Gasteiger partial charge in [0.1, 0.15) is 0 Å². The second-order valence-corrected chi connectivity index (χ2v) is 3.55. The standard InChI is InChI=1S/C11H18N2/c1-4-9-5-6-10(8(2)3)11(7-12)13-9/h5-6,8H,4,7,12H2,1-3H3. The highest BCUT2D eigenvalue weighted by Crippen LogP contribution is 2.18. The quantitative estimate of drug-likeness (QED) is 0.770. The van der Waals surface area contributed by atoms with Crippen LogP contribution >= 0.6 is 0 Å². The van der Waals surface area contributed by atoms with E-state index in [9.17, 15) is 0 Å². The number of hydrogen-bond acceptors (Lipinski definition) is 2. The molecule has 0 aliphatic heterocycles. The van der Waals surface area contributed by atoms with E-state index < -0.39 is 0 Å². The van der Waals surface area contributed by atoms with E-state index in [0.717, 1.165) is 17.8 Å². The molecule has 0 saturated heterocycles. The second kappa shape index (κ2) is 4.38. The summed E-state index contributed by atoms with van der Waals surface area (Å²) in [4.78, 5) is 4.51. The zero-order chi connectivity index (χ0) is 9.84. The van der Waals surface area contributed by atoms with Crippen molar-refractivity contribution in [3.05, 3.63) is 29.1 Å². The summed E-state index contributed by atoms with van der Waals surface area (Å²) in [5.41, 5.74) is 9.11. The molecule has 2 heteroatoms. The molecule has 0 fully saturated rings. The maximum Gasteiger partial charge on any atom is 0.0577 e. The average molecular weight is 178 g/mol. The summed E-state index contributed by atoms with van der Waals surface area (Å²) in [6, 6.07) is 4.24. The minimum absolute atomic E-state index is 0.511. The van der Waals surface area contributed by atoms with Crippen LogP contribution in [0.15, 0.2) is 12.1 Å². The fraction of sp³-hybridized carbons (Fsp3) is 0.545. The summed E-state index contributed by atoms with van der Waals surface area (Å²) in [7, 11) is 0. The molecule has 1 aromatic heterocycles. The van der Waals surface area contributed by atoms with Gasteiger partial charge in [-0.1, -0.05) is 26.8 Å². The number of nitrogens with zero attached hydrogens (tertiary/aromatic N) is 1. The van der Waals surface area contributed by atoms with E-state index in [1.165, 1.54) is 5.56 Å². The van der Waals surface area contributed by atoms with Crippen LogP contribution in [0.4, 0.5) is 0 Å². The van der Waals surface area contributed by atoms with E-state index in [0.29, 0.717) is 12.5 Å². The van der Waals surface area contributed by atoms with Crippen LogP contribution < -0.4 is 5.73 Å². The maximum atomic E-state index is 5.65. The van der Waals surface area contributed by atoms with Crippen LogP contribution in [0.3, 0.4) is 0 Å². The lowest BCUT2D eigenvalue weighted by Crippen LogP contribution is -2.07. The molecule has 0 aromatic carbocycles. The second-order valence-electron chi connectivity index (χ2n) is 3.55. The molecule has 0 unspecified atom stereocenters. The van der Waals surface area contributed by atoms with Gasteiger partial charge in [-0.2, -0.15) is 0 Å². The van der Waals surface area contributed by atoms with Crippen LogP contribution in [0.25, 0.3) is 0 Å². The third-order valence-corrected chi connectivity index (χ3v) is 2.24. The Labute approximate surface area is 80.2 Å². The van der Waals surface area contributed by atoms with E-state index in [2.05, 4.69) is 37.9 Å². The van der Waals surface area contributed by atoms with Crippen molar-refractivity contribution in [2.45, 2.75) is 39.7 Å². The van der Waals surface area contributed by atoms with Gasteiger partial charge in [-0.3, -0.25) is 4.98 Å².